The number of nitrogens with zero attached hydrogens (tertiary/aromatic N) is 4. The molecule has 0 unspecified atom stereocenters. The molecule has 1 saturated heterocycles. The van der Waals surface area contributed by atoms with Crippen LogP contribution < -0.4 is 10.1 Å². The first-order valence-corrected chi connectivity index (χ1v) is 9.08. The first-order valence-electron chi connectivity index (χ1n) is 9.08. The van der Waals surface area contributed by atoms with Crippen LogP contribution in [0.3, 0.4) is 0 Å². The first kappa shape index (κ1) is 20.3. The zero-order valence-electron chi connectivity index (χ0n) is 16.6. The average Bonchev–Trinajstić information content (AvgIpc) is 2.71. The van der Waals surface area contributed by atoms with Crippen LogP contribution in [0.1, 0.15) is 10.4 Å². The molecule has 1 amide bonds. The van der Waals surface area contributed by atoms with Gasteiger partial charge in [-0.3, -0.25) is 19.8 Å². The highest BCUT2D eigenvalue weighted by Crippen LogP contribution is 2.27. The molecule has 0 aromatic heterocycles. The molecule has 1 N–H and O–H groups in total. The standard InChI is InChI=1S/C20H23N5O4/c1-23-9-10-24(2)19(13-23)22-18-8-7-15(25(27)28)12-17(18)20(26)21-14-5-4-6-16(11-14)29-3/h4-8,11-12H,9-10,13H2,1-3H3,(H,21,26)/b22-19-. The maximum absolute atomic E-state index is 12.9. The molecule has 0 saturated carbocycles. The number of hydrogen-bond acceptors (Lipinski definition) is 6. The first-order chi connectivity index (χ1) is 13.9. The maximum atomic E-state index is 12.9. The fourth-order valence-corrected chi connectivity index (χ4v) is 2.97. The normalized spacial score (nSPS) is 16.0. The summed E-state index contributed by atoms with van der Waals surface area (Å²) in [6.07, 6.45) is 0. The minimum atomic E-state index is -0.528. The van der Waals surface area contributed by atoms with E-state index in [1.54, 1.807) is 24.3 Å². The molecule has 1 aliphatic heterocycles. The van der Waals surface area contributed by atoms with Gasteiger partial charge in [0.2, 0.25) is 0 Å². The summed E-state index contributed by atoms with van der Waals surface area (Å²) in [5, 5.41) is 14.0. The number of nitro benzene ring substituents is 1. The summed E-state index contributed by atoms with van der Waals surface area (Å²) in [5.74, 6) is 0.908. The van der Waals surface area contributed by atoms with Crippen LogP contribution in [0.15, 0.2) is 47.5 Å². The van der Waals surface area contributed by atoms with Crippen LogP contribution in [0.4, 0.5) is 17.1 Å². The van der Waals surface area contributed by atoms with Crippen LogP contribution in [0.2, 0.25) is 0 Å². The molecular formula is C20H23N5O4. The van der Waals surface area contributed by atoms with E-state index in [-0.39, 0.29) is 11.3 Å². The van der Waals surface area contributed by atoms with Crippen molar-refractivity contribution < 1.29 is 14.5 Å². The van der Waals surface area contributed by atoms with Gasteiger partial charge in [0, 0.05) is 44.0 Å². The van der Waals surface area contributed by atoms with Gasteiger partial charge in [0.25, 0.3) is 11.6 Å². The highest BCUT2D eigenvalue weighted by Gasteiger charge is 2.21. The van der Waals surface area contributed by atoms with Gasteiger partial charge in [-0.1, -0.05) is 6.07 Å². The summed E-state index contributed by atoms with van der Waals surface area (Å²) in [6, 6.07) is 11.0. The van der Waals surface area contributed by atoms with Crippen molar-refractivity contribution >= 4 is 28.8 Å². The predicted octanol–water partition coefficient (Wildman–Crippen LogP) is 2.76. The van der Waals surface area contributed by atoms with Crippen molar-refractivity contribution in [3.63, 3.8) is 0 Å². The SMILES string of the molecule is COc1cccc(NC(=O)c2cc([N+](=O)[O-])ccc2/N=C2/CN(C)CCN2C)c1. The molecule has 0 bridgehead atoms. The van der Waals surface area contributed by atoms with Crippen molar-refractivity contribution in [3.05, 3.63) is 58.1 Å². The van der Waals surface area contributed by atoms with E-state index < -0.39 is 10.8 Å². The van der Waals surface area contributed by atoms with Crippen LogP contribution in [0.25, 0.3) is 0 Å². The number of carbonyl (C=O) groups is 1. The number of ether oxygens (including phenoxy) is 1. The number of amidine groups is 1. The van der Waals surface area contributed by atoms with Gasteiger partial charge in [-0.25, -0.2) is 4.99 Å². The Kier molecular flexibility index (Phi) is 6.08. The number of piperazine rings is 1. The second kappa shape index (κ2) is 8.70. The van der Waals surface area contributed by atoms with Crippen LogP contribution >= 0.6 is 0 Å². The van der Waals surface area contributed by atoms with E-state index in [1.165, 1.54) is 25.3 Å². The third kappa shape index (κ3) is 4.88. The molecule has 9 heteroatoms. The van der Waals surface area contributed by atoms with Crippen molar-refractivity contribution in [2.45, 2.75) is 0 Å². The predicted molar refractivity (Wildman–Crippen MR) is 111 cm³/mol. The van der Waals surface area contributed by atoms with Gasteiger partial charge in [-0.15, -0.1) is 0 Å². The van der Waals surface area contributed by atoms with Crippen molar-refractivity contribution in [1.29, 1.82) is 0 Å². The molecule has 0 radical (unpaired) electrons. The zero-order chi connectivity index (χ0) is 21.0. The summed E-state index contributed by atoms with van der Waals surface area (Å²) in [5.41, 5.74) is 0.872. The Labute approximate surface area is 168 Å². The topological polar surface area (TPSA) is 100 Å². The summed E-state index contributed by atoms with van der Waals surface area (Å²) < 4.78 is 5.17. The van der Waals surface area contributed by atoms with Gasteiger partial charge in [0.1, 0.15) is 11.6 Å². The van der Waals surface area contributed by atoms with E-state index in [1.807, 2.05) is 19.0 Å². The lowest BCUT2D eigenvalue weighted by atomic mass is 10.1. The van der Waals surface area contributed by atoms with Gasteiger partial charge in [-0.05, 0) is 25.2 Å². The second-order valence-corrected chi connectivity index (χ2v) is 6.83. The summed E-state index contributed by atoms with van der Waals surface area (Å²) in [4.78, 5) is 32.4. The highest BCUT2D eigenvalue weighted by atomic mass is 16.6. The van der Waals surface area contributed by atoms with E-state index in [4.69, 9.17) is 4.74 Å². The molecule has 2 aromatic rings. The van der Waals surface area contributed by atoms with Gasteiger partial charge in [-0.2, -0.15) is 0 Å². The zero-order valence-corrected chi connectivity index (χ0v) is 16.6. The van der Waals surface area contributed by atoms with Crippen LogP contribution in [0, 0.1) is 10.1 Å². The number of likely N-dealkylation sites (N-methyl/N-ethyl adjacent to an activating group) is 2. The Morgan fingerprint density at radius 3 is 2.72 bits per heavy atom. The lowest BCUT2D eigenvalue weighted by Gasteiger charge is -2.32. The number of non-ortho nitro benzene ring substituents is 1. The number of hydrogen-bond donors (Lipinski definition) is 1. The quantitative estimate of drug-likeness (QED) is 0.615. The smallest absolute Gasteiger partial charge is 0.270 e. The summed E-state index contributed by atoms with van der Waals surface area (Å²) in [7, 11) is 5.47. The Balaban J connectivity index is 1.97. The van der Waals surface area contributed by atoms with Crippen molar-refractivity contribution in [2.24, 2.45) is 4.99 Å². The maximum Gasteiger partial charge on any atom is 0.270 e. The lowest BCUT2D eigenvalue weighted by Crippen LogP contribution is -2.46. The van der Waals surface area contributed by atoms with Gasteiger partial charge < -0.3 is 15.0 Å². The number of benzene rings is 2. The molecule has 0 aliphatic carbocycles. The second-order valence-electron chi connectivity index (χ2n) is 6.83. The summed E-state index contributed by atoms with van der Waals surface area (Å²) in [6.45, 7) is 2.36. The van der Waals surface area contributed by atoms with E-state index in [0.717, 1.165) is 18.9 Å². The molecule has 152 valence electrons. The Hall–Kier alpha value is -3.46. The fraction of sp³-hybridized carbons (Fsp3) is 0.300. The number of methoxy groups -OCH3 is 1. The van der Waals surface area contributed by atoms with Crippen LogP contribution in [-0.2, 0) is 0 Å². The average molecular weight is 397 g/mol. The number of anilines is 1. The van der Waals surface area contributed by atoms with Gasteiger partial charge in [0.05, 0.1) is 29.8 Å². The molecule has 1 aliphatic rings. The monoisotopic (exact) mass is 397 g/mol. The van der Waals surface area contributed by atoms with E-state index in [9.17, 15) is 14.9 Å². The molecule has 0 spiro atoms. The fourth-order valence-electron chi connectivity index (χ4n) is 2.97. The number of aliphatic imine (C=N–C) groups is 1. The molecule has 0 atom stereocenters. The lowest BCUT2D eigenvalue weighted by molar-refractivity contribution is -0.384. The largest absolute Gasteiger partial charge is 0.497 e. The van der Waals surface area contributed by atoms with E-state index in [2.05, 4.69) is 15.2 Å². The van der Waals surface area contributed by atoms with Crippen molar-refractivity contribution in [1.82, 2.24) is 9.80 Å². The number of rotatable bonds is 5. The van der Waals surface area contributed by atoms with Crippen LogP contribution in [0.5, 0.6) is 5.75 Å². The number of amides is 1. The Morgan fingerprint density at radius 1 is 1.21 bits per heavy atom. The molecule has 29 heavy (non-hydrogen) atoms. The summed E-state index contributed by atoms with van der Waals surface area (Å²) >= 11 is 0. The van der Waals surface area contributed by atoms with Gasteiger partial charge >= 0.3 is 0 Å². The Bertz CT molecular complexity index is 960. The number of nitrogens with one attached hydrogen (secondary N) is 1. The number of nitro groups is 1. The molecule has 3 rings (SSSR count). The van der Waals surface area contributed by atoms with E-state index >= 15 is 0 Å². The number of carbonyl (C=O) groups excluding carboxylic acids is 1. The third-order valence-electron chi connectivity index (χ3n) is 4.68. The minimum absolute atomic E-state index is 0.135. The third-order valence-corrected chi connectivity index (χ3v) is 4.68. The molecule has 9 nitrogen and oxygen atoms in total. The molecule has 2 aromatic carbocycles. The van der Waals surface area contributed by atoms with E-state index in [0.29, 0.717) is 23.7 Å². The minimum Gasteiger partial charge on any atom is -0.497 e. The van der Waals surface area contributed by atoms with Gasteiger partial charge in [0.15, 0.2) is 0 Å². The molecule has 1 heterocycles. The van der Waals surface area contributed by atoms with Crippen LogP contribution in [-0.4, -0.2) is 67.3 Å². The highest BCUT2D eigenvalue weighted by molar-refractivity contribution is 6.08. The Morgan fingerprint density at radius 2 is 2.00 bits per heavy atom. The molecular weight excluding hydrogens is 374 g/mol. The van der Waals surface area contributed by atoms with Crippen molar-refractivity contribution in [2.75, 3.05) is 46.2 Å². The van der Waals surface area contributed by atoms with Crippen molar-refractivity contribution in [3.8, 4) is 5.75 Å². The molecule has 1 fully saturated rings.